The number of aryl methyl sites for hydroxylation is 1. The van der Waals surface area contributed by atoms with Gasteiger partial charge in [-0.05, 0) is 42.3 Å². The standard InChI is InChI=1S/C28H24Cl2N2O3S/c1-20-15-17-23(18-16-20)36(34,35)32(25-14-8-13-24(29)27(25)30)19-26(33)31-28(21-9-4-2-5-10-21)22-11-6-3-7-12-22/h2-18,28H,19H2,1H3,(H,31,33). The van der Waals surface area contributed by atoms with Crippen LogP contribution in [-0.2, 0) is 14.8 Å². The van der Waals surface area contributed by atoms with Crippen LogP contribution in [0.5, 0.6) is 0 Å². The molecule has 0 aliphatic carbocycles. The van der Waals surface area contributed by atoms with Crippen LogP contribution >= 0.6 is 23.2 Å². The van der Waals surface area contributed by atoms with Crippen molar-refractivity contribution < 1.29 is 13.2 Å². The van der Waals surface area contributed by atoms with Gasteiger partial charge in [0, 0.05) is 0 Å². The third-order valence-electron chi connectivity index (χ3n) is 5.67. The van der Waals surface area contributed by atoms with Gasteiger partial charge in [-0.2, -0.15) is 0 Å². The van der Waals surface area contributed by atoms with E-state index in [0.29, 0.717) is 0 Å². The van der Waals surface area contributed by atoms with E-state index < -0.39 is 28.5 Å². The Bertz CT molecular complexity index is 1410. The molecule has 0 bridgehead atoms. The minimum atomic E-state index is -4.14. The summed E-state index contributed by atoms with van der Waals surface area (Å²) in [6.45, 7) is 1.37. The van der Waals surface area contributed by atoms with Crippen molar-refractivity contribution in [2.45, 2.75) is 17.9 Å². The van der Waals surface area contributed by atoms with E-state index in [1.54, 1.807) is 24.3 Å². The molecule has 4 rings (SSSR count). The second-order valence-electron chi connectivity index (χ2n) is 8.22. The Kier molecular flexibility index (Phi) is 7.99. The summed E-state index contributed by atoms with van der Waals surface area (Å²) in [5, 5.41) is 3.23. The van der Waals surface area contributed by atoms with E-state index in [9.17, 15) is 13.2 Å². The molecule has 0 saturated carbocycles. The Labute approximate surface area is 221 Å². The number of nitrogens with one attached hydrogen (secondary N) is 1. The molecule has 1 N–H and O–H groups in total. The summed E-state index contributed by atoms with van der Waals surface area (Å²) in [5.41, 5.74) is 2.76. The fourth-order valence-electron chi connectivity index (χ4n) is 3.81. The molecule has 0 aromatic heterocycles. The lowest BCUT2D eigenvalue weighted by molar-refractivity contribution is -0.120. The Morgan fingerprint density at radius 3 is 1.92 bits per heavy atom. The smallest absolute Gasteiger partial charge is 0.264 e. The van der Waals surface area contributed by atoms with E-state index in [-0.39, 0.29) is 20.6 Å². The van der Waals surface area contributed by atoms with Crippen molar-refractivity contribution in [2.24, 2.45) is 0 Å². The van der Waals surface area contributed by atoms with Gasteiger partial charge in [-0.1, -0.05) is 108 Å². The lowest BCUT2D eigenvalue weighted by atomic mass is 9.99. The van der Waals surface area contributed by atoms with E-state index >= 15 is 0 Å². The molecule has 0 saturated heterocycles. The predicted octanol–water partition coefficient (Wildman–Crippen LogP) is 6.40. The van der Waals surface area contributed by atoms with Gasteiger partial charge in [0.15, 0.2) is 0 Å². The topological polar surface area (TPSA) is 66.5 Å². The van der Waals surface area contributed by atoms with Gasteiger partial charge in [0.1, 0.15) is 6.54 Å². The number of hydrogen-bond donors (Lipinski definition) is 1. The van der Waals surface area contributed by atoms with Crippen LogP contribution in [0.2, 0.25) is 10.0 Å². The molecule has 5 nitrogen and oxygen atoms in total. The molecule has 0 radical (unpaired) electrons. The Morgan fingerprint density at radius 2 is 1.36 bits per heavy atom. The third-order valence-corrected chi connectivity index (χ3v) is 8.25. The predicted molar refractivity (Wildman–Crippen MR) is 145 cm³/mol. The van der Waals surface area contributed by atoms with Crippen molar-refractivity contribution in [3.05, 3.63) is 130 Å². The van der Waals surface area contributed by atoms with E-state index in [4.69, 9.17) is 23.2 Å². The summed E-state index contributed by atoms with van der Waals surface area (Å²) < 4.78 is 28.4. The van der Waals surface area contributed by atoms with Gasteiger partial charge in [-0.3, -0.25) is 9.10 Å². The van der Waals surface area contributed by atoms with Crippen molar-refractivity contribution in [3.8, 4) is 0 Å². The van der Waals surface area contributed by atoms with Crippen LogP contribution in [0.15, 0.2) is 108 Å². The molecule has 0 atom stereocenters. The van der Waals surface area contributed by atoms with E-state index in [1.807, 2.05) is 67.6 Å². The highest BCUT2D eigenvalue weighted by atomic mass is 35.5. The van der Waals surface area contributed by atoms with Crippen LogP contribution in [0.25, 0.3) is 0 Å². The molecule has 0 spiro atoms. The second-order valence-corrected chi connectivity index (χ2v) is 10.9. The van der Waals surface area contributed by atoms with Gasteiger partial charge >= 0.3 is 0 Å². The first-order valence-corrected chi connectivity index (χ1v) is 13.4. The molecular formula is C28H24Cl2N2O3S. The number of anilines is 1. The highest BCUT2D eigenvalue weighted by Crippen LogP contribution is 2.35. The SMILES string of the molecule is Cc1ccc(S(=O)(=O)N(CC(=O)NC(c2ccccc2)c2ccccc2)c2cccc(Cl)c2Cl)cc1. The van der Waals surface area contributed by atoms with Gasteiger partial charge in [0.05, 0.1) is 26.7 Å². The summed E-state index contributed by atoms with van der Waals surface area (Å²) in [5.74, 6) is -0.501. The van der Waals surface area contributed by atoms with Crippen LogP contribution in [0.4, 0.5) is 5.69 Å². The molecule has 0 aliphatic heterocycles. The zero-order valence-electron chi connectivity index (χ0n) is 19.4. The summed E-state index contributed by atoms with van der Waals surface area (Å²) in [7, 11) is -4.14. The molecule has 0 unspecified atom stereocenters. The fourth-order valence-corrected chi connectivity index (χ4v) is 5.69. The van der Waals surface area contributed by atoms with Crippen molar-refractivity contribution in [2.75, 3.05) is 10.8 Å². The molecule has 4 aromatic rings. The molecule has 184 valence electrons. The van der Waals surface area contributed by atoms with Gasteiger partial charge < -0.3 is 5.32 Å². The highest BCUT2D eigenvalue weighted by Gasteiger charge is 2.30. The van der Waals surface area contributed by atoms with Crippen LogP contribution < -0.4 is 9.62 Å². The van der Waals surface area contributed by atoms with Crippen molar-refractivity contribution in [1.82, 2.24) is 5.32 Å². The van der Waals surface area contributed by atoms with Gasteiger partial charge in [0.2, 0.25) is 5.91 Å². The Balaban J connectivity index is 1.72. The molecule has 1 amide bonds. The van der Waals surface area contributed by atoms with Crippen LogP contribution in [0.3, 0.4) is 0 Å². The maximum atomic E-state index is 13.7. The minimum Gasteiger partial charge on any atom is -0.344 e. The first kappa shape index (κ1) is 25.8. The lowest BCUT2D eigenvalue weighted by Gasteiger charge is -2.27. The molecule has 0 fully saturated rings. The van der Waals surface area contributed by atoms with E-state index in [2.05, 4.69) is 5.32 Å². The zero-order chi connectivity index (χ0) is 25.7. The fraction of sp³-hybridized carbons (Fsp3) is 0.107. The molecule has 0 heterocycles. The second kappa shape index (κ2) is 11.2. The van der Waals surface area contributed by atoms with Gasteiger partial charge in [0.25, 0.3) is 10.0 Å². The summed E-state index contributed by atoms with van der Waals surface area (Å²) in [6, 6.07) is 29.6. The molecule has 8 heteroatoms. The van der Waals surface area contributed by atoms with Crippen LogP contribution in [0.1, 0.15) is 22.7 Å². The Hall–Kier alpha value is -3.32. The van der Waals surface area contributed by atoms with Crippen molar-refractivity contribution in [1.29, 1.82) is 0 Å². The number of carbonyl (C=O) groups is 1. The molecule has 0 aliphatic rings. The maximum Gasteiger partial charge on any atom is 0.264 e. The monoisotopic (exact) mass is 538 g/mol. The number of sulfonamides is 1. The third kappa shape index (κ3) is 5.73. The number of hydrogen-bond acceptors (Lipinski definition) is 3. The van der Waals surface area contributed by atoms with Crippen LogP contribution in [-0.4, -0.2) is 20.9 Å². The molecule has 4 aromatic carbocycles. The number of halogens is 2. The van der Waals surface area contributed by atoms with Gasteiger partial charge in [-0.25, -0.2) is 8.42 Å². The quantitative estimate of drug-likeness (QED) is 0.282. The van der Waals surface area contributed by atoms with Crippen molar-refractivity contribution >= 4 is 44.8 Å². The zero-order valence-corrected chi connectivity index (χ0v) is 21.8. The summed E-state index contributed by atoms with van der Waals surface area (Å²) in [4.78, 5) is 13.5. The molecule has 36 heavy (non-hydrogen) atoms. The average Bonchev–Trinajstić information content (AvgIpc) is 2.89. The van der Waals surface area contributed by atoms with Crippen molar-refractivity contribution in [3.63, 3.8) is 0 Å². The largest absolute Gasteiger partial charge is 0.344 e. The Morgan fingerprint density at radius 1 is 0.806 bits per heavy atom. The first-order valence-electron chi connectivity index (χ1n) is 11.2. The number of amides is 1. The minimum absolute atomic E-state index is 0.0413. The summed E-state index contributed by atoms with van der Waals surface area (Å²) >= 11 is 12.6. The average molecular weight is 539 g/mol. The van der Waals surface area contributed by atoms with Gasteiger partial charge in [-0.15, -0.1) is 0 Å². The maximum absolute atomic E-state index is 13.7. The summed E-state index contributed by atoms with van der Waals surface area (Å²) in [6.07, 6.45) is 0. The van der Waals surface area contributed by atoms with E-state index in [0.717, 1.165) is 21.0 Å². The highest BCUT2D eigenvalue weighted by molar-refractivity contribution is 7.92. The number of benzene rings is 4. The van der Waals surface area contributed by atoms with Crippen LogP contribution in [0, 0.1) is 6.92 Å². The molecular weight excluding hydrogens is 515 g/mol. The lowest BCUT2D eigenvalue weighted by Crippen LogP contribution is -2.42. The first-order chi connectivity index (χ1) is 17.3. The van der Waals surface area contributed by atoms with E-state index in [1.165, 1.54) is 18.2 Å². The number of rotatable bonds is 8. The normalized spacial score (nSPS) is 11.3. The number of carbonyl (C=O) groups excluding carboxylic acids is 1. The number of nitrogens with zero attached hydrogens (tertiary/aromatic N) is 1.